The number of hydrogen-bond donors (Lipinski definition) is 0. The highest BCUT2D eigenvalue weighted by atomic mass is 16.5. The molecule has 0 bridgehead atoms. The van der Waals surface area contributed by atoms with Gasteiger partial charge in [-0.25, -0.2) is 4.79 Å². The molecule has 2 rings (SSSR count). The van der Waals surface area contributed by atoms with Gasteiger partial charge in [0.05, 0.1) is 21.3 Å². The maximum Gasteiger partial charge on any atom is 0.331 e. The maximum atomic E-state index is 12.6. The molecular weight excluding hydrogens is 414 g/mol. The van der Waals surface area contributed by atoms with Gasteiger partial charge >= 0.3 is 5.97 Å². The Morgan fingerprint density at radius 1 is 0.969 bits per heavy atom. The van der Waals surface area contributed by atoms with Gasteiger partial charge in [-0.1, -0.05) is 0 Å². The molecule has 0 amide bonds. The van der Waals surface area contributed by atoms with Crippen molar-refractivity contribution in [2.45, 2.75) is 26.8 Å². The van der Waals surface area contributed by atoms with Crippen LogP contribution in [0.15, 0.2) is 24.3 Å². The van der Waals surface area contributed by atoms with Crippen LogP contribution in [-0.2, 0) is 20.8 Å². The molecule has 1 aromatic carbocycles. The summed E-state index contributed by atoms with van der Waals surface area (Å²) in [4.78, 5) is 24.7. The predicted octanol–water partition coefficient (Wildman–Crippen LogP) is 3.61. The fourth-order valence-corrected chi connectivity index (χ4v) is 3.42. The average Bonchev–Trinajstić information content (AvgIpc) is 3.08. The van der Waals surface area contributed by atoms with Crippen molar-refractivity contribution < 1.29 is 33.3 Å². The standard InChI is InChI=1S/C24H31NO7/c1-16-12-19(17(2)25(16)10-7-11-28-3)20(26)15-32-23(27)9-8-18-13-21(29-4)24(31-6)22(14-18)30-5/h8-9,12-14H,7,10-11,15H2,1-6H3/b9-8+. The van der Waals surface area contributed by atoms with Crippen molar-refractivity contribution in [3.05, 3.63) is 46.8 Å². The molecule has 0 radical (unpaired) electrons. The molecule has 0 aliphatic heterocycles. The van der Waals surface area contributed by atoms with Crippen LogP contribution in [-0.4, -0.2) is 58.0 Å². The lowest BCUT2D eigenvalue weighted by molar-refractivity contribution is -0.136. The minimum absolute atomic E-state index is 0.245. The van der Waals surface area contributed by atoms with E-state index >= 15 is 0 Å². The molecule has 32 heavy (non-hydrogen) atoms. The molecule has 0 saturated heterocycles. The number of methoxy groups -OCH3 is 4. The Kier molecular flexibility index (Phi) is 9.34. The molecule has 0 aliphatic carbocycles. The summed E-state index contributed by atoms with van der Waals surface area (Å²) in [5, 5.41) is 0. The van der Waals surface area contributed by atoms with Gasteiger partial charge in [0.2, 0.25) is 11.5 Å². The highest BCUT2D eigenvalue weighted by molar-refractivity contribution is 6.00. The number of ketones is 1. The lowest BCUT2D eigenvalue weighted by atomic mass is 10.1. The summed E-state index contributed by atoms with van der Waals surface area (Å²) in [6.07, 6.45) is 3.65. The first kappa shape index (κ1) is 25.0. The number of aryl methyl sites for hydroxylation is 1. The number of Topliss-reactive ketones (excluding diaryl/α,β-unsaturated/α-hetero) is 1. The third-order valence-corrected chi connectivity index (χ3v) is 5.05. The van der Waals surface area contributed by atoms with Gasteiger partial charge in [-0.15, -0.1) is 0 Å². The average molecular weight is 446 g/mol. The molecule has 0 spiro atoms. The first-order chi connectivity index (χ1) is 15.4. The number of rotatable bonds is 12. The Balaban J connectivity index is 2.02. The lowest BCUT2D eigenvalue weighted by Crippen LogP contribution is -2.14. The monoisotopic (exact) mass is 445 g/mol. The minimum Gasteiger partial charge on any atom is -0.493 e. The first-order valence-corrected chi connectivity index (χ1v) is 10.2. The number of benzene rings is 1. The third kappa shape index (κ3) is 6.13. The minimum atomic E-state index is -0.624. The Labute approximate surface area is 188 Å². The van der Waals surface area contributed by atoms with Crippen molar-refractivity contribution in [3.63, 3.8) is 0 Å². The predicted molar refractivity (Wildman–Crippen MR) is 121 cm³/mol. The zero-order valence-electron chi connectivity index (χ0n) is 19.5. The number of aromatic nitrogens is 1. The molecule has 8 nitrogen and oxygen atoms in total. The van der Waals surface area contributed by atoms with E-state index in [-0.39, 0.29) is 12.4 Å². The van der Waals surface area contributed by atoms with Crippen molar-refractivity contribution in [1.29, 1.82) is 0 Å². The Morgan fingerprint density at radius 3 is 2.19 bits per heavy atom. The number of esters is 1. The van der Waals surface area contributed by atoms with Gasteiger partial charge in [0.25, 0.3) is 0 Å². The third-order valence-electron chi connectivity index (χ3n) is 5.05. The van der Waals surface area contributed by atoms with Crippen molar-refractivity contribution in [3.8, 4) is 17.2 Å². The van der Waals surface area contributed by atoms with Gasteiger partial charge in [-0.2, -0.15) is 0 Å². The van der Waals surface area contributed by atoms with E-state index in [0.717, 1.165) is 24.4 Å². The molecule has 8 heteroatoms. The molecule has 174 valence electrons. The number of ether oxygens (including phenoxy) is 5. The highest BCUT2D eigenvalue weighted by Crippen LogP contribution is 2.38. The summed E-state index contributed by atoms with van der Waals surface area (Å²) in [6.45, 7) is 4.91. The number of carbonyl (C=O) groups excluding carboxylic acids is 2. The number of carbonyl (C=O) groups is 2. The van der Waals surface area contributed by atoms with E-state index in [1.807, 2.05) is 19.9 Å². The second-order valence-electron chi connectivity index (χ2n) is 7.11. The fraction of sp³-hybridized carbons (Fsp3) is 0.417. The molecule has 0 saturated carbocycles. The second-order valence-corrected chi connectivity index (χ2v) is 7.11. The number of hydrogen-bond acceptors (Lipinski definition) is 7. The zero-order chi connectivity index (χ0) is 23.7. The summed E-state index contributed by atoms with van der Waals surface area (Å²) in [6, 6.07) is 5.23. The molecular formula is C24H31NO7. The van der Waals surface area contributed by atoms with Crippen LogP contribution in [0.4, 0.5) is 0 Å². The summed E-state index contributed by atoms with van der Waals surface area (Å²) in [5.41, 5.74) is 3.05. The smallest absolute Gasteiger partial charge is 0.331 e. The lowest BCUT2D eigenvalue weighted by Gasteiger charge is -2.12. The highest BCUT2D eigenvalue weighted by Gasteiger charge is 2.17. The van der Waals surface area contributed by atoms with Crippen LogP contribution >= 0.6 is 0 Å². The van der Waals surface area contributed by atoms with Crippen LogP contribution < -0.4 is 14.2 Å². The van der Waals surface area contributed by atoms with E-state index in [0.29, 0.717) is 35.0 Å². The van der Waals surface area contributed by atoms with Gasteiger partial charge in [-0.05, 0) is 50.1 Å². The molecule has 0 aliphatic rings. The molecule has 0 N–H and O–H groups in total. The molecule has 1 heterocycles. The quantitative estimate of drug-likeness (QED) is 0.214. The summed E-state index contributed by atoms with van der Waals surface area (Å²) < 4.78 is 28.2. The normalized spacial score (nSPS) is 10.9. The first-order valence-electron chi connectivity index (χ1n) is 10.2. The van der Waals surface area contributed by atoms with Crippen LogP contribution in [0.3, 0.4) is 0 Å². The summed E-state index contributed by atoms with van der Waals surface area (Å²) in [7, 11) is 6.20. The van der Waals surface area contributed by atoms with E-state index in [1.165, 1.54) is 27.4 Å². The van der Waals surface area contributed by atoms with Crippen LogP contribution in [0, 0.1) is 13.8 Å². The zero-order valence-corrected chi connectivity index (χ0v) is 19.5. The van der Waals surface area contributed by atoms with Gasteiger partial charge in [0.1, 0.15) is 0 Å². The molecule has 0 atom stereocenters. The van der Waals surface area contributed by atoms with Gasteiger partial charge in [0, 0.05) is 43.3 Å². The topological polar surface area (TPSA) is 85.2 Å². The fourth-order valence-electron chi connectivity index (χ4n) is 3.42. The van der Waals surface area contributed by atoms with E-state index in [2.05, 4.69) is 4.57 Å². The van der Waals surface area contributed by atoms with E-state index in [4.69, 9.17) is 23.7 Å². The SMILES string of the molecule is COCCCn1c(C)cc(C(=O)COC(=O)/C=C/c2cc(OC)c(OC)c(OC)c2)c1C. The molecule has 1 aromatic heterocycles. The maximum absolute atomic E-state index is 12.6. The number of nitrogens with zero attached hydrogens (tertiary/aromatic N) is 1. The second kappa shape index (κ2) is 12.0. The van der Waals surface area contributed by atoms with Crippen LogP contribution in [0.5, 0.6) is 17.2 Å². The van der Waals surface area contributed by atoms with Gasteiger partial charge in [-0.3, -0.25) is 4.79 Å². The van der Waals surface area contributed by atoms with Crippen LogP contribution in [0.2, 0.25) is 0 Å². The van der Waals surface area contributed by atoms with Gasteiger partial charge < -0.3 is 28.3 Å². The molecule has 0 fully saturated rings. The van der Waals surface area contributed by atoms with Crippen molar-refractivity contribution >= 4 is 17.8 Å². The van der Waals surface area contributed by atoms with Crippen LogP contribution in [0.1, 0.15) is 33.7 Å². The van der Waals surface area contributed by atoms with Crippen molar-refractivity contribution in [1.82, 2.24) is 4.57 Å². The van der Waals surface area contributed by atoms with E-state index < -0.39 is 5.97 Å². The summed E-state index contributed by atoms with van der Waals surface area (Å²) >= 11 is 0. The largest absolute Gasteiger partial charge is 0.493 e. The summed E-state index contributed by atoms with van der Waals surface area (Å²) in [5.74, 6) is 0.526. The van der Waals surface area contributed by atoms with Crippen molar-refractivity contribution in [2.24, 2.45) is 0 Å². The van der Waals surface area contributed by atoms with Crippen LogP contribution in [0.25, 0.3) is 6.08 Å². The van der Waals surface area contributed by atoms with Gasteiger partial charge in [0.15, 0.2) is 18.1 Å². The Bertz CT molecular complexity index is 950. The molecule has 2 aromatic rings. The van der Waals surface area contributed by atoms with Crippen molar-refractivity contribution in [2.75, 3.05) is 41.7 Å². The van der Waals surface area contributed by atoms with E-state index in [1.54, 1.807) is 25.3 Å². The Morgan fingerprint density at radius 2 is 1.62 bits per heavy atom. The molecule has 0 unspecified atom stereocenters. The van der Waals surface area contributed by atoms with E-state index in [9.17, 15) is 9.59 Å². The Hall–Kier alpha value is -3.26.